The van der Waals surface area contributed by atoms with Crippen molar-refractivity contribution in [3.05, 3.63) is 48.5 Å². The SMILES string of the molecule is CCC(COc1ccc(NC2CCCCC2)cc1)COc1ccc(NC2CCCCC2)cc1. The van der Waals surface area contributed by atoms with Gasteiger partial charge in [0.25, 0.3) is 0 Å². The predicted molar refractivity (Wildman–Crippen MR) is 139 cm³/mol. The van der Waals surface area contributed by atoms with Crippen molar-refractivity contribution in [1.82, 2.24) is 0 Å². The predicted octanol–water partition coefficient (Wildman–Crippen LogP) is 7.66. The molecule has 0 heterocycles. The van der Waals surface area contributed by atoms with Crippen LogP contribution in [0.2, 0.25) is 0 Å². The number of rotatable bonds is 11. The smallest absolute Gasteiger partial charge is 0.119 e. The summed E-state index contributed by atoms with van der Waals surface area (Å²) >= 11 is 0. The fourth-order valence-electron chi connectivity index (χ4n) is 4.97. The molecule has 0 aliphatic heterocycles. The second-order valence-electron chi connectivity index (χ2n) is 9.90. The maximum Gasteiger partial charge on any atom is 0.119 e. The third-order valence-electron chi connectivity index (χ3n) is 7.21. The Balaban J connectivity index is 1.17. The van der Waals surface area contributed by atoms with Crippen LogP contribution < -0.4 is 20.1 Å². The van der Waals surface area contributed by atoms with Crippen LogP contribution in [0.15, 0.2) is 48.5 Å². The number of hydrogen-bond donors (Lipinski definition) is 2. The molecule has 33 heavy (non-hydrogen) atoms. The molecule has 0 radical (unpaired) electrons. The zero-order valence-electron chi connectivity index (χ0n) is 20.4. The number of ether oxygens (including phenoxy) is 2. The number of benzene rings is 2. The van der Waals surface area contributed by atoms with Crippen LogP contribution in [-0.4, -0.2) is 25.3 Å². The van der Waals surface area contributed by atoms with Gasteiger partial charge in [-0.1, -0.05) is 45.4 Å². The third kappa shape index (κ3) is 7.87. The number of anilines is 2. The summed E-state index contributed by atoms with van der Waals surface area (Å²) in [5, 5.41) is 7.34. The quantitative estimate of drug-likeness (QED) is 0.369. The van der Waals surface area contributed by atoms with E-state index in [9.17, 15) is 0 Å². The molecule has 0 aromatic heterocycles. The van der Waals surface area contributed by atoms with Crippen LogP contribution in [0.5, 0.6) is 11.5 Å². The first-order chi connectivity index (χ1) is 16.3. The summed E-state index contributed by atoms with van der Waals surface area (Å²) in [6, 6.07) is 18.2. The lowest BCUT2D eigenvalue weighted by molar-refractivity contribution is 0.173. The van der Waals surface area contributed by atoms with E-state index >= 15 is 0 Å². The first-order valence-electron chi connectivity index (χ1n) is 13.3. The molecule has 0 atom stereocenters. The van der Waals surface area contributed by atoms with Crippen molar-refractivity contribution in [3.8, 4) is 11.5 Å². The van der Waals surface area contributed by atoms with Crippen LogP contribution in [0.4, 0.5) is 11.4 Å². The summed E-state index contributed by atoms with van der Waals surface area (Å²) in [6.07, 6.45) is 14.3. The van der Waals surface area contributed by atoms with Gasteiger partial charge in [-0.05, 0) is 80.6 Å². The van der Waals surface area contributed by atoms with Crippen molar-refractivity contribution in [2.75, 3.05) is 23.8 Å². The lowest BCUT2D eigenvalue weighted by Gasteiger charge is -2.24. The van der Waals surface area contributed by atoms with Crippen LogP contribution >= 0.6 is 0 Å². The van der Waals surface area contributed by atoms with E-state index < -0.39 is 0 Å². The maximum atomic E-state index is 6.08. The van der Waals surface area contributed by atoms with Gasteiger partial charge in [0.05, 0.1) is 13.2 Å². The Kier molecular flexibility index (Phi) is 9.20. The minimum Gasteiger partial charge on any atom is -0.493 e. The molecule has 2 aliphatic rings. The van der Waals surface area contributed by atoms with Gasteiger partial charge in [0.1, 0.15) is 11.5 Å². The van der Waals surface area contributed by atoms with E-state index in [1.807, 2.05) is 0 Å². The first kappa shape index (κ1) is 23.8. The Morgan fingerprint density at radius 1 is 0.636 bits per heavy atom. The molecule has 0 spiro atoms. The average molecular weight is 451 g/mol. The highest BCUT2D eigenvalue weighted by Gasteiger charge is 2.14. The highest BCUT2D eigenvalue weighted by atomic mass is 16.5. The fraction of sp³-hybridized carbons (Fsp3) is 0.586. The van der Waals surface area contributed by atoms with E-state index in [4.69, 9.17) is 9.47 Å². The highest BCUT2D eigenvalue weighted by Crippen LogP contribution is 2.25. The minimum absolute atomic E-state index is 0.366. The molecule has 0 bridgehead atoms. The Morgan fingerprint density at radius 2 is 1.03 bits per heavy atom. The van der Waals surface area contributed by atoms with E-state index in [2.05, 4.69) is 66.1 Å². The monoisotopic (exact) mass is 450 g/mol. The molecular formula is C29H42N2O2. The molecule has 4 nitrogen and oxygen atoms in total. The van der Waals surface area contributed by atoms with Gasteiger partial charge in [-0.3, -0.25) is 0 Å². The number of nitrogens with one attached hydrogen (secondary N) is 2. The Labute approximate surface area is 200 Å². The third-order valence-corrected chi connectivity index (χ3v) is 7.21. The summed E-state index contributed by atoms with van der Waals surface area (Å²) in [5.41, 5.74) is 2.40. The van der Waals surface area contributed by atoms with E-state index in [1.54, 1.807) is 0 Å². The van der Waals surface area contributed by atoms with Gasteiger partial charge in [-0.25, -0.2) is 0 Å². The molecule has 2 aromatic rings. The van der Waals surface area contributed by atoms with Crippen molar-refractivity contribution < 1.29 is 9.47 Å². The normalized spacial score (nSPS) is 17.6. The van der Waals surface area contributed by atoms with Crippen molar-refractivity contribution in [1.29, 1.82) is 0 Å². The van der Waals surface area contributed by atoms with Gasteiger partial charge >= 0.3 is 0 Å². The van der Waals surface area contributed by atoms with Gasteiger partial charge in [-0.2, -0.15) is 0 Å². The first-order valence-corrected chi connectivity index (χ1v) is 13.3. The van der Waals surface area contributed by atoms with Gasteiger partial charge in [0.15, 0.2) is 0 Å². The molecule has 2 saturated carbocycles. The Morgan fingerprint density at radius 3 is 1.39 bits per heavy atom. The standard InChI is InChI=1S/C29H42N2O2/c1-2-23(21-32-28-17-13-26(14-18-28)30-24-9-5-3-6-10-24)22-33-29-19-15-27(16-20-29)31-25-11-7-4-8-12-25/h13-20,23-25,30-31H,2-12,21-22H2,1H3. The molecule has 0 amide bonds. The molecule has 2 fully saturated rings. The topological polar surface area (TPSA) is 42.5 Å². The summed E-state index contributed by atoms with van der Waals surface area (Å²) in [5.74, 6) is 2.23. The molecule has 4 heteroatoms. The second-order valence-corrected chi connectivity index (χ2v) is 9.90. The van der Waals surface area contributed by atoms with E-state index in [-0.39, 0.29) is 0 Å². The number of hydrogen-bond acceptors (Lipinski definition) is 4. The van der Waals surface area contributed by atoms with Crippen LogP contribution in [-0.2, 0) is 0 Å². The van der Waals surface area contributed by atoms with Crippen LogP contribution in [0, 0.1) is 5.92 Å². The fourth-order valence-corrected chi connectivity index (χ4v) is 4.97. The average Bonchev–Trinajstić information content (AvgIpc) is 2.87. The van der Waals surface area contributed by atoms with Crippen molar-refractivity contribution in [2.24, 2.45) is 5.92 Å². The minimum atomic E-state index is 0.366. The van der Waals surface area contributed by atoms with E-state index in [1.165, 1.54) is 75.6 Å². The molecule has 0 saturated heterocycles. The van der Waals surface area contributed by atoms with Crippen LogP contribution in [0.1, 0.15) is 77.6 Å². The summed E-state index contributed by atoms with van der Waals surface area (Å²) in [4.78, 5) is 0. The maximum absolute atomic E-state index is 6.08. The van der Waals surface area contributed by atoms with Crippen molar-refractivity contribution in [3.63, 3.8) is 0 Å². The van der Waals surface area contributed by atoms with Crippen molar-refractivity contribution >= 4 is 11.4 Å². The van der Waals surface area contributed by atoms with Crippen LogP contribution in [0.3, 0.4) is 0 Å². The Hall–Kier alpha value is -2.36. The van der Waals surface area contributed by atoms with Gasteiger partial charge < -0.3 is 20.1 Å². The largest absolute Gasteiger partial charge is 0.493 e. The molecule has 0 unspecified atom stereocenters. The highest BCUT2D eigenvalue weighted by molar-refractivity contribution is 5.48. The summed E-state index contributed by atoms with van der Waals surface area (Å²) in [6.45, 7) is 3.55. The Bertz CT molecular complexity index is 726. The van der Waals surface area contributed by atoms with Gasteiger partial charge in [-0.15, -0.1) is 0 Å². The van der Waals surface area contributed by atoms with Gasteiger partial charge in [0, 0.05) is 29.4 Å². The molecule has 2 aromatic carbocycles. The lowest BCUT2D eigenvalue weighted by atomic mass is 9.95. The molecule has 2 N–H and O–H groups in total. The molecule has 180 valence electrons. The van der Waals surface area contributed by atoms with Crippen molar-refractivity contribution in [2.45, 2.75) is 89.6 Å². The van der Waals surface area contributed by atoms with E-state index in [0.717, 1.165) is 17.9 Å². The van der Waals surface area contributed by atoms with Gasteiger partial charge in [0.2, 0.25) is 0 Å². The summed E-state index contributed by atoms with van der Waals surface area (Å²) < 4.78 is 12.2. The zero-order chi connectivity index (χ0) is 22.7. The van der Waals surface area contributed by atoms with E-state index in [0.29, 0.717) is 31.2 Å². The molecule has 2 aliphatic carbocycles. The molecular weight excluding hydrogens is 408 g/mol. The van der Waals surface area contributed by atoms with Crippen LogP contribution in [0.25, 0.3) is 0 Å². The lowest BCUT2D eigenvalue weighted by Crippen LogP contribution is -2.22. The summed E-state index contributed by atoms with van der Waals surface area (Å²) in [7, 11) is 0. The zero-order valence-corrected chi connectivity index (χ0v) is 20.4. The molecule has 4 rings (SSSR count). The second kappa shape index (κ2) is 12.8.